The molecule has 0 N–H and O–H groups in total. The minimum absolute atomic E-state index is 0.295. The first kappa shape index (κ1) is 11.7. The number of nitrogens with zero attached hydrogens (tertiary/aromatic N) is 1. The van der Waals surface area contributed by atoms with Gasteiger partial charge in [-0.2, -0.15) is 5.26 Å². The van der Waals surface area contributed by atoms with Gasteiger partial charge in [-0.1, -0.05) is 22.9 Å². The lowest BCUT2D eigenvalue weighted by Gasteiger charge is -2.06. The van der Waals surface area contributed by atoms with Crippen LogP contribution < -0.4 is 0 Å². The van der Waals surface area contributed by atoms with Crippen LogP contribution in [0.3, 0.4) is 0 Å². The van der Waals surface area contributed by atoms with E-state index in [1.165, 1.54) is 7.11 Å². The molecule has 0 spiro atoms. The lowest BCUT2D eigenvalue weighted by Crippen LogP contribution is -2.05. The molecule has 0 aromatic heterocycles. The van der Waals surface area contributed by atoms with Gasteiger partial charge in [0.25, 0.3) is 0 Å². The molecule has 1 aromatic carbocycles. The number of hydrogen-bond donors (Lipinski definition) is 0. The second-order valence-corrected chi connectivity index (χ2v) is 3.80. The standard InChI is InChI=1S/C11H10BrNO2/c1-3-7-4-8(6-13)9(5-10(7)12)11(14)15-2/h4-5H,3H2,1-2H3. The number of esters is 1. The third-order valence-corrected chi connectivity index (χ3v) is 2.83. The van der Waals surface area contributed by atoms with E-state index in [2.05, 4.69) is 20.7 Å². The Kier molecular flexibility index (Phi) is 3.87. The maximum atomic E-state index is 11.4. The van der Waals surface area contributed by atoms with Crippen molar-refractivity contribution in [3.63, 3.8) is 0 Å². The van der Waals surface area contributed by atoms with Crippen molar-refractivity contribution in [3.8, 4) is 6.07 Å². The first-order valence-electron chi connectivity index (χ1n) is 4.44. The summed E-state index contributed by atoms with van der Waals surface area (Å²) in [6.45, 7) is 1.99. The fourth-order valence-corrected chi connectivity index (χ4v) is 1.88. The highest BCUT2D eigenvalue weighted by atomic mass is 79.9. The van der Waals surface area contributed by atoms with Crippen molar-refractivity contribution < 1.29 is 9.53 Å². The molecule has 1 rings (SSSR count). The fraction of sp³-hybridized carbons (Fsp3) is 0.273. The van der Waals surface area contributed by atoms with Crippen LogP contribution in [0.25, 0.3) is 0 Å². The van der Waals surface area contributed by atoms with Crippen LogP contribution in [0.1, 0.15) is 28.4 Å². The van der Waals surface area contributed by atoms with Gasteiger partial charge >= 0.3 is 5.97 Å². The number of rotatable bonds is 2. The molecule has 1 aromatic rings. The van der Waals surface area contributed by atoms with Gasteiger partial charge in [0, 0.05) is 4.47 Å². The van der Waals surface area contributed by atoms with E-state index in [-0.39, 0.29) is 0 Å². The summed E-state index contributed by atoms with van der Waals surface area (Å²) in [6.07, 6.45) is 0.802. The summed E-state index contributed by atoms with van der Waals surface area (Å²) in [4.78, 5) is 11.4. The van der Waals surface area contributed by atoms with Crippen LogP contribution in [0.5, 0.6) is 0 Å². The van der Waals surface area contributed by atoms with Crippen LogP contribution in [-0.4, -0.2) is 13.1 Å². The van der Waals surface area contributed by atoms with Crippen molar-refractivity contribution in [2.75, 3.05) is 7.11 Å². The number of hydrogen-bond acceptors (Lipinski definition) is 3. The summed E-state index contributed by atoms with van der Waals surface area (Å²) in [5, 5.41) is 8.90. The second kappa shape index (κ2) is 4.94. The molecular weight excluding hydrogens is 258 g/mol. The van der Waals surface area contributed by atoms with E-state index in [0.717, 1.165) is 16.5 Å². The number of ether oxygens (including phenoxy) is 1. The largest absolute Gasteiger partial charge is 0.465 e. The van der Waals surface area contributed by atoms with Crippen molar-refractivity contribution >= 4 is 21.9 Å². The zero-order valence-corrected chi connectivity index (χ0v) is 10.1. The molecule has 15 heavy (non-hydrogen) atoms. The van der Waals surface area contributed by atoms with Crippen LogP contribution >= 0.6 is 15.9 Å². The van der Waals surface area contributed by atoms with Gasteiger partial charge in [0.1, 0.15) is 6.07 Å². The van der Waals surface area contributed by atoms with E-state index in [9.17, 15) is 4.79 Å². The maximum absolute atomic E-state index is 11.4. The number of benzene rings is 1. The molecule has 78 valence electrons. The van der Waals surface area contributed by atoms with Gasteiger partial charge in [0.05, 0.1) is 18.2 Å². The summed E-state index contributed by atoms with van der Waals surface area (Å²) >= 11 is 3.35. The summed E-state index contributed by atoms with van der Waals surface area (Å²) in [6, 6.07) is 5.32. The summed E-state index contributed by atoms with van der Waals surface area (Å²) in [5.41, 5.74) is 1.64. The molecule has 0 heterocycles. The average molecular weight is 268 g/mol. The molecule has 4 heteroatoms. The molecule has 0 radical (unpaired) electrons. The van der Waals surface area contributed by atoms with Crippen LogP contribution in [0.2, 0.25) is 0 Å². The first-order chi connectivity index (χ1) is 7.13. The van der Waals surface area contributed by atoms with E-state index in [0.29, 0.717) is 11.1 Å². The van der Waals surface area contributed by atoms with Gasteiger partial charge in [-0.25, -0.2) is 4.79 Å². The Morgan fingerprint density at radius 1 is 1.60 bits per heavy atom. The SMILES string of the molecule is CCc1cc(C#N)c(C(=O)OC)cc1Br. The Morgan fingerprint density at radius 3 is 2.73 bits per heavy atom. The summed E-state index contributed by atoms with van der Waals surface area (Å²) in [7, 11) is 1.30. The Balaban J connectivity index is 3.35. The Labute approximate surface area is 96.8 Å². The van der Waals surface area contributed by atoms with Crippen LogP contribution in [0, 0.1) is 11.3 Å². The minimum Gasteiger partial charge on any atom is -0.465 e. The highest BCUT2D eigenvalue weighted by molar-refractivity contribution is 9.10. The van der Waals surface area contributed by atoms with Crippen LogP contribution in [0.15, 0.2) is 16.6 Å². The molecule has 0 amide bonds. The van der Waals surface area contributed by atoms with Crippen molar-refractivity contribution in [2.45, 2.75) is 13.3 Å². The minimum atomic E-state index is -0.491. The highest BCUT2D eigenvalue weighted by Gasteiger charge is 2.14. The van der Waals surface area contributed by atoms with E-state index in [1.54, 1.807) is 12.1 Å². The zero-order chi connectivity index (χ0) is 11.4. The first-order valence-corrected chi connectivity index (χ1v) is 5.24. The number of halogens is 1. The van der Waals surface area contributed by atoms with Crippen molar-refractivity contribution in [2.24, 2.45) is 0 Å². The summed E-state index contributed by atoms with van der Waals surface area (Å²) in [5.74, 6) is -0.491. The second-order valence-electron chi connectivity index (χ2n) is 2.95. The summed E-state index contributed by atoms with van der Waals surface area (Å²) < 4.78 is 5.42. The topological polar surface area (TPSA) is 50.1 Å². The number of carbonyl (C=O) groups is 1. The molecule has 0 unspecified atom stereocenters. The lowest BCUT2D eigenvalue weighted by molar-refractivity contribution is 0.0600. The van der Waals surface area contributed by atoms with Gasteiger partial charge < -0.3 is 4.74 Å². The Bertz CT molecular complexity index is 435. The molecule has 0 saturated heterocycles. The monoisotopic (exact) mass is 267 g/mol. The Morgan fingerprint density at radius 2 is 2.27 bits per heavy atom. The van der Waals surface area contributed by atoms with Crippen LogP contribution in [-0.2, 0) is 11.2 Å². The number of carbonyl (C=O) groups excluding carboxylic acids is 1. The maximum Gasteiger partial charge on any atom is 0.339 e. The van der Waals surface area contributed by atoms with E-state index in [4.69, 9.17) is 5.26 Å². The molecular formula is C11H10BrNO2. The average Bonchev–Trinajstić information content (AvgIpc) is 2.27. The molecule has 0 aliphatic heterocycles. The van der Waals surface area contributed by atoms with Gasteiger partial charge in [0.15, 0.2) is 0 Å². The van der Waals surface area contributed by atoms with E-state index in [1.807, 2.05) is 13.0 Å². The van der Waals surface area contributed by atoms with Gasteiger partial charge in [-0.3, -0.25) is 0 Å². The molecule has 3 nitrogen and oxygen atoms in total. The third-order valence-electron chi connectivity index (χ3n) is 2.09. The predicted octanol–water partition coefficient (Wildman–Crippen LogP) is 2.67. The van der Waals surface area contributed by atoms with Gasteiger partial charge in [-0.05, 0) is 24.1 Å². The molecule has 0 aliphatic carbocycles. The smallest absolute Gasteiger partial charge is 0.339 e. The lowest BCUT2D eigenvalue weighted by atomic mass is 10.0. The zero-order valence-electron chi connectivity index (χ0n) is 8.50. The molecule has 0 atom stereocenters. The van der Waals surface area contributed by atoms with Gasteiger partial charge in [0.2, 0.25) is 0 Å². The number of aryl methyl sites for hydroxylation is 1. The van der Waals surface area contributed by atoms with Crippen molar-refractivity contribution in [1.29, 1.82) is 5.26 Å². The van der Waals surface area contributed by atoms with Crippen molar-refractivity contribution in [1.82, 2.24) is 0 Å². The van der Waals surface area contributed by atoms with E-state index < -0.39 is 5.97 Å². The third kappa shape index (κ3) is 2.37. The number of methoxy groups -OCH3 is 1. The van der Waals surface area contributed by atoms with Gasteiger partial charge in [-0.15, -0.1) is 0 Å². The molecule has 0 fully saturated rings. The van der Waals surface area contributed by atoms with Crippen molar-refractivity contribution in [3.05, 3.63) is 33.3 Å². The quantitative estimate of drug-likeness (QED) is 0.775. The van der Waals surface area contributed by atoms with E-state index >= 15 is 0 Å². The highest BCUT2D eigenvalue weighted by Crippen LogP contribution is 2.23. The normalized spacial score (nSPS) is 9.47. The molecule has 0 aliphatic rings. The number of nitriles is 1. The molecule has 0 saturated carbocycles. The van der Waals surface area contributed by atoms with Crippen LogP contribution in [0.4, 0.5) is 0 Å². The Hall–Kier alpha value is -1.34. The fourth-order valence-electron chi connectivity index (χ4n) is 1.26. The predicted molar refractivity (Wildman–Crippen MR) is 59.6 cm³/mol. The molecule has 0 bridgehead atoms.